The molecule has 0 atom stereocenters. The Morgan fingerprint density at radius 2 is 1.79 bits per heavy atom. The largest absolute Gasteiger partial charge is 0.525 e. The molecule has 0 bridgehead atoms. The zero-order valence-corrected chi connectivity index (χ0v) is 17.1. The molecule has 1 aromatic rings. The van der Waals surface area contributed by atoms with Crippen LogP contribution in [0.15, 0.2) is 41.6 Å². The minimum Gasteiger partial charge on any atom is -0.445 e. The van der Waals surface area contributed by atoms with E-state index in [2.05, 4.69) is 5.32 Å². The topological polar surface area (TPSA) is 56.8 Å². The summed E-state index contributed by atoms with van der Waals surface area (Å²) in [4.78, 5) is 11.7. The third kappa shape index (κ3) is 4.76. The van der Waals surface area contributed by atoms with E-state index in [-0.39, 0.29) is 12.3 Å². The molecule has 0 aromatic heterocycles. The zero-order valence-electron chi connectivity index (χ0n) is 17.1. The summed E-state index contributed by atoms with van der Waals surface area (Å²) in [6.07, 6.45) is 1.72. The number of carbonyl (C=O) groups is 1. The fourth-order valence-electron chi connectivity index (χ4n) is 3.30. The van der Waals surface area contributed by atoms with Crippen LogP contribution in [0, 0.1) is 5.92 Å². The van der Waals surface area contributed by atoms with Crippen molar-refractivity contribution in [2.24, 2.45) is 5.92 Å². The van der Waals surface area contributed by atoms with Crippen LogP contribution in [0.4, 0.5) is 9.18 Å². The Balaban J connectivity index is 1.35. The summed E-state index contributed by atoms with van der Waals surface area (Å²) in [6.45, 7) is 8.42. The summed E-state index contributed by atoms with van der Waals surface area (Å²) in [6, 6.07) is 9.54. The summed E-state index contributed by atoms with van der Waals surface area (Å²) in [5, 5.41) is 2.75. The molecule has 7 heteroatoms. The smallest absolute Gasteiger partial charge is 0.445 e. The first-order chi connectivity index (χ1) is 13.2. The van der Waals surface area contributed by atoms with Gasteiger partial charge in [-0.15, -0.1) is 0 Å². The predicted octanol–water partition coefficient (Wildman–Crippen LogP) is 4.57. The van der Waals surface area contributed by atoms with Gasteiger partial charge in [0, 0.05) is 6.54 Å². The molecular formula is C21H29BFNO4. The van der Waals surface area contributed by atoms with E-state index in [1.54, 1.807) is 0 Å². The molecule has 1 heterocycles. The van der Waals surface area contributed by atoms with Crippen molar-refractivity contribution in [2.45, 2.75) is 64.8 Å². The molecular weight excluding hydrogens is 360 g/mol. The molecule has 3 rings (SSSR count). The minimum absolute atomic E-state index is 0.252. The van der Waals surface area contributed by atoms with Crippen molar-refractivity contribution in [3.05, 3.63) is 47.2 Å². The molecule has 2 aliphatic rings. The van der Waals surface area contributed by atoms with Crippen LogP contribution in [0.25, 0.3) is 0 Å². The predicted molar refractivity (Wildman–Crippen MR) is 106 cm³/mol. The third-order valence-electron chi connectivity index (χ3n) is 5.90. The highest BCUT2D eigenvalue weighted by atomic mass is 19.1. The van der Waals surface area contributed by atoms with Crippen LogP contribution in [0.5, 0.6) is 0 Å². The monoisotopic (exact) mass is 389 g/mol. The number of halogens is 1. The van der Waals surface area contributed by atoms with Gasteiger partial charge in [-0.25, -0.2) is 9.18 Å². The van der Waals surface area contributed by atoms with E-state index in [1.165, 1.54) is 0 Å². The normalized spacial score (nSPS) is 22.5. The van der Waals surface area contributed by atoms with Gasteiger partial charge in [0.05, 0.1) is 11.2 Å². The van der Waals surface area contributed by atoms with Crippen LogP contribution < -0.4 is 5.32 Å². The first-order valence-corrected chi connectivity index (χ1v) is 9.85. The van der Waals surface area contributed by atoms with Crippen molar-refractivity contribution in [2.75, 3.05) is 6.54 Å². The van der Waals surface area contributed by atoms with Crippen LogP contribution in [-0.4, -0.2) is 31.0 Å². The maximum atomic E-state index is 14.7. The fourth-order valence-corrected chi connectivity index (χ4v) is 3.30. The number of nitrogens with one attached hydrogen (secondary N) is 1. The maximum absolute atomic E-state index is 14.7. The molecule has 1 saturated carbocycles. The van der Waals surface area contributed by atoms with Crippen LogP contribution in [-0.2, 0) is 20.7 Å². The van der Waals surface area contributed by atoms with Gasteiger partial charge in [-0.05, 0) is 64.0 Å². The van der Waals surface area contributed by atoms with Gasteiger partial charge < -0.3 is 19.4 Å². The van der Waals surface area contributed by atoms with Crippen LogP contribution in [0.1, 0.15) is 52.5 Å². The van der Waals surface area contributed by atoms with Crippen molar-refractivity contribution in [1.82, 2.24) is 5.32 Å². The molecule has 1 aliphatic carbocycles. The molecule has 2 fully saturated rings. The Hall–Kier alpha value is -1.86. The van der Waals surface area contributed by atoms with Gasteiger partial charge in [0.15, 0.2) is 0 Å². The standard InChI is InChI=1S/C21H29BFNO4/c1-20(2)21(3,4)28-22(27-20)18(23)17-12-16(13-17)10-11-24-19(25)26-14-15-8-6-5-7-9-15/h5-9,16H,10-14H2,1-4H3,(H,24,25). The van der Waals surface area contributed by atoms with Crippen molar-refractivity contribution in [1.29, 1.82) is 0 Å². The van der Waals surface area contributed by atoms with E-state index in [1.807, 2.05) is 58.0 Å². The van der Waals surface area contributed by atoms with Gasteiger partial charge in [-0.1, -0.05) is 30.3 Å². The molecule has 1 aliphatic heterocycles. The lowest BCUT2D eigenvalue weighted by molar-refractivity contribution is 0.00578. The molecule has 0 radical (unpaired) electrons. The highest BCUT2D eigenvalue weighted by Gasteiger charge is 2.54. The first-order valence-electron chi connectivity index (χ1n) is 9.85. The van der Waals surface area contributed by atoms with Gasteiger partial charge >= 0.3 is 13.2 Å². The summed E-state index contributed by atoms with van der Waals surface area (Å²) in [5.74, 6) is 0.359. The van der Waals surface area contributed by atoms with E-state index in [0.29, 0.717) is 25.3 Å². The Bertz CT molecular complexity index is 711. The minimum atomic E-state index is -0.910. The summed E-state index contributed by atoms with van der Waals surface area (Å²) in [7, 11) is -0.910. The number of ether oxygens (including phenoxy) is 1. The molecule has 1 aromatic carbocycles. The van der Waals surface area contributed by atoms with Crippen molar-refractivity contribution >= 4 is 13.2 Å². The van der Waals surface area contributed by atoms with Crippen molar-refractivity contribution in [3.63, 3.8) is 0 Å². The highest BCUT2D eigenvalue weighted by Crippen LogP contribution is 2.43. The molecule has 28 heavy (non-hydrogen) atoms. The van der Waals surface area contributed by atoms with E-state index in [0.717, 1.165) is 17.6 Å². The number of hydrogen-bond donors (Lipinski definition) is 1. The second-order valence-corrected chi connectivity index (χ2v) is 8.59. The van der Waals surface area contributed by atoms with E-state index in [4.69, 9.17) is 14.0 Å². The third-order valence-corrected chi connectivity index (χ3v) is 5.90. The molecule has 1 saturated heterocycles. The lowest BCUT2D eigenvalue weighted by atomic mass is 9.71. The lowest BCUT2D eigenvalue weighted by Gasteiger charge is -2.32. The molecule has 1 amide bonds. The first kappa shape index (κ1) is 20.9. The number of hydrogen-bond acceptors (Lipinski definition) is 4. The van der Waals surface area contributed by atoms with Gasteiger partial charge in [-0.2, -0.15) is 0 Å². The van der Waals surface area contributed by atoms with Crippen molar-refractivity contribution < 1.29 is 23.2 Å². The molecule has 0 unspecified atom stereocenters. The van der Waals surface area contributed by atoms with E-state index in [9.17, 15) is 9.18 Å². The summed E-state index contributed by atoms with van der Waals surface area (Å²) in [5.41, 5.74) is 0.343. The zero-order chi connectivity index (χ0) is 20.4. The lowest BCUT2D eigenvalue weighted by Crippen LogP contribution is -2.41. The number of alkyl carbamates (subject to hydrolysis) is 1. The van der Waals surface area contributed by atoms with E-state index >= 15 is 0 Å². The van der Waals surface area contributed by atoms with Gasteiger partial charge in [0.1, 0.15) is 12.3 Å². The summed E-state index contributed by atoms with van der Waals surface area (Å²) < 4.78 is 31.4. The fraction of sp³-hybridized carbons (Fsp3) is 0.571. The van der Waals surface area contributed by atoms with Crippen LogP contribution in [0.3, 0.4) is 0 Å². The Morgan fingerprint density at radius 1 is 1.18 bits per heavy atom. The second kappa shape index (κ2) is 8.25. The summed E-state index contributed by atoms with van der Waals surface area (Å²) >= 11 is 0. The average Bonchev–Trinajstić information content (AvgIpc) is 2.83. The van der Waals surface area contributed by atoms with E-state index < -0.39 is 24.4 Å². The molecule has 152 valence electrons. The number of carbonyl (C=O) groups excluding carboxylic acids is 1. The number of rotatable bonds is 6. The Kier molecular flexibility index (Phi) is 6.15. The quantitative estimate of drug-likeness (QED) is 0.725. The number of benzene rings is 1. The van der Waals surface area contributed by atoms with Crippen molar-refractivity contribution in [3.8, 4) is 0 Å². The SMILES string of the molecule is CC1(C)OB(C(F)=C2CC(CCNC(=O)OCc3ccccc3)C2)OC1(C)C. The molecule has 5 nitrogen and oxygen atoms in total. The Labute approximate surface area is 166 Å². The van der Waals surface area contributed by atoms with Crippen LogP contribution >= 0.6 is 0 Å². The van der Waals surface area contributed by atoms with Gasteiger partial charge in [-0.3, -0.25) is 0 Å². The van der Waals surface area contributed by atoms with Gasteiger partial charge in [0.2, 0.25) is 0 Å². The number of amides is 1. The Morgan fingerprint density at radius 3 is 2.39 bits per heavy atom. The molecule has 1 N–H and O–H groups in total. The maximum Gasteiger partial charge on any atom is 0.525 e. The van der Waals surface area contributed by atoms with Crippen LogP contribution in [0.2, 0.25) is 0 Å². The average molecular weight is 389 g/mol. The highest BCUT2D eigenvalue weighted by molar-refractivity contribution is 6.53. The van der Waals surface area contributed by atoms with Gasteiger partial charge in [0.25, 0.3) is 0 Å². The number of allylic oxidation sites excluding steroid dienone is 1. The molecule has 0 spiro atoms. The second-order valence-electron chi connectivity index (χ2n) is 8.59.